The van der Waals surface area contributed by atoms with Crippen molar-refractivity contribution in [3.63, 3.8) is 0 Å². The molecule has 0 bridgehead atoms. The zero-order valence-corrected chi connectivity index (χ0v) is 15.9. The normalized spacial score (nSPS) is 14.6. The van der Waals surface area contributed by atoms with Crippen molar-refractivity contribution in [3.05, 3.63) is 57.6 Å². The quantitative estimate of drug-likeness (QED) is 0.644. The molecule has 0 saturated heterocycles. The highest BCUT2D eigenvalue weighted by Gasteiger charge is 2.24. The molecule has 3 N–H and O–H groups in total. The van der Waals surface area contributed by atoms with E-state index < -0.39 is 0 Å². The zero-order chi connectivity index (χ0) is 19.0. The number of carbonyl (C=O) groups excluding carboxylic acids is 1. The van der Waals surface area contributed by atoms with Crippen LogP contribution in [0.3, 0.4) is 0 Å². The maximum absolute atomic E-state index is 13.1. The number of nitrogens with zero attached hydrogens (tertiary/aromatic N) is 2. The first-order valence-corrected chi connectivity index (χ1v) is 9.65. The molecule has 1 aliphatic rings. The van der Waals surface area contributed by atoms with Crippen LogP contribution in [0.15, 0.2) is 24.3 Å². The van der Waals surface area contributed by atoms with E-state index in [1.54, 1.807) is 12.1 Å². The molecule has 3 heterocycles. The smallest absolute Gasteiger partial charge is 0.272 e. The molecule has 6 nitrogen and oxygen atoms in total. The van der Waals surface area contributed by atoms with E-state index in [1.807, 2.05) is 13.8 Å². The minimum atomic E-state index is -0.273. The van der Waals surface area contributed by atoms with Crippen LogP contribution in [-0.4, -0.2) is 27.6 Å². The standard InChI is InChI=1S/C19H20FN5OS/c1-10(22-18(26)16-14-9-21-8-7-15(14)24-25-16)17-11(2)23-19(27-17)12-3-5-13(20)6-4-12/h3-6,10,21H,7-9H2,1-2H3,(H,22,26)(H,24,25). The molecule has 3 aromatic rings. The summed E-state index contributed by atoms with van der Waals surface area (Å²) < 4.78 is 13.1. The molecule has 8 heteroatoms. The minimum Gasteiger partial charge on any atom is -0.343 e. The molecule has 1 atom stereocenters. The Kier molecular flexibility index (Phi) is 4.75. The van der Waals surface area contributed by atoms with Gasteiger partial charge in [-0.1, -0.05) is 0 Å². The SMILES string of the molecule is Cc1nc(-c2ccc(F)cc2)sc1C(C)NC(=O)c1n[nH]c2c1CNCC2. The van der Waals surface area contributed by atoms with E-state index >= 15 is 0 Å². The van der Waals surface area contributed by atoms with Gasteiger partial charge in [-0.3, -0.25) is 9.89 Å². The molecule has 4 rings (SSSR count). The third kappa shape index (κ3) is 3.50. The van der Waals surface area contributed by atoms with Crippen molar-refractivity contribution in [1.82, 2.24) is 25.8 Å². The molecular weight excluding hydrogens is 365 g/mol. The number of aromatic nitrogens is 3. The Labute approximate surface area is 160 Å². The number of rotatable bonds is 4. The number of amides is 1. The van der Waals surface area contributed by atoms with Gasteiger partial charge in [0.25, 0.3) is 5.91 Å². The van der Waals surface area contributed by atoms with Crippen LogP contribution in [-0.2, 0) is 13.0 Å². The summed E-state index contributed by atoms with van der Waals surface area (Å²) in [6.45, 7) is 5.39. The summed E-state index contributed by atoms with van der Waals surface area (Å²) in [6, 6.07) is 6.07. The van der Waals surface area contributed by atoms with Crippen LogP contribution < -0.4 is 10.6 Å². The van der Waals surface area contributed by atoms with Gasteiger partial charge in [0.15, 0.2) is 5.69 Å². The van der Waals surface area contributed by atoms with E-state index in [0.29, 0.717) is 12.2 Å². The molecule has 0 radical (unpaired) electrons. The molecule has 27 heavy (non-hydrogen) atoms. The average molecular weight is 385 g/mol. The second-order valence-electron chi connectivity index (χ2n) is 6.63. The lowest BCUT2D eigenvalue weighted by Gasteiger charge is -2.15. The summed E-state index contributed by atoms with van der Waals surface area (Å²) in [5.74, 6) is -0.468. The first kappa shape index (κ1) is 17.8. The molecule has 0 saturated carbocycles. The number of aromatic amines is 1. The second kappa shape index (κ2) is 7.21. The van der Waals surface area contributed by atoms with Crippen LogP contribution in [0.25, 0.3) is 10.6 Å². The van der Waals surface area contributed by atoms with Crippen LogP contribution in [0, 0.1) is 12.7 Å². The Morgan fingerprint density at radius 3 is 2.89 bits per heavy atom. The molecule has 0 spiro atoms. The molecular formula is C19H20FN5OS. The Morgan fingerprint density at radius 1 is 1.33 bits per heavy atom. The Balaban J connectivity index is 1.53. The van der Waals surface area contributed by atoms with Gasteiger partial charge in [-0.05, 0) is 38.1 Å². The van der Waals surface area contributed by atoms with Crippen LogP contribution >= 0.6 is 11.3 Å². The van der Waals surface area contributed by atoms with Crippen molar-refractivity contribution in [2.75, 3.05) is 6.54 Å². The van der Waals surface area contributed by atoms with Gasteiger partial charge in [0.2, 0.25) is 0 Å². The zero-order valence-electron chi connectivity index (χ0n) is 15.1. The van der Waals surface area contributed by atoms with E-state index in [0.717, 1.165) is 45.4 Å². The van der Waals surface area contributed by atoms with Crippen molar-refractivity contribution >= 4 is 17.2 Å². The van der Waals surface area contributed by atoms with Gasteiger partial charge in [0.1, 0.15) is 10.8 Å². The monoisotopic (exact) mass is 385 g/mol. The first-order chi connectivity index (χ1) is 13.0. The minimum absolute atomic E-state index is 0.195. The highest BCUT2D eigenvalue weighted by Crippen LogP contribution is 2.32. The second-order valence-corrected chi connectivity index (χ2v) is 7.66. The average Bonchev–Trinajstić information content (AvgIpc) is 3.26. The topological polar surface area (TPSA) is 82.7 Å². The number of hydrogen-bond acceptors (Lipinski definition) is 5. The van der Waals surface area contributed by atoms with Crippen LogP contribution in [0.1, 0.15) is 45.3 Å². The van der Waals surface area contributed by atoms with Crippen molar-refractivity contribution < 1.29 is 9.18 Å². The Bertz CT molecular complexity index is 979. The fraction of sp³-hybridized carbons (Fsp3) is 0.316. The fourth-order valence-electron chi connectivity index (χ4n) is 3.27. The van der Waals surface area contributed by atoms with Gasteiger partial charge in [-0.2, -0.15) is 5.10 Å². The largest absolute Gasteiger partial charge is 0.343 e. The van der Waals surface area contributed by atoms with Crippen LogP contribution in [0.4, 0.5) is 4.39 Å². The lowest BCUT2D eigenvalue weighted by molar-refractivity contribution is 0.0934. The summed E-state index contributed by atoms with van der Waals surface area (Å²) in [4.78, 5) is 18.3. The van der Waals surface area contributed by atoms with Gasteiger partial charge in [-0.25, -0.2) is 9.37 Å². The number of H-pyrrole nitrogens is 1. The summed E-state index contributed by atoms with van der Waals surface area (Å²) in [5, 5.41) is 14.3. The maximum atomic E-state index is 13.1. The van der Waals surface area contributed by atoms with Gasteiger partial charge in [0, 0.05) is 36.3 Å². The summed E-state index contributed by atoms with van der Waals surface area (Å²) in [5.41, 5.74) is 4.14. The van der Waals surface area contributed by atoms with Crippen molar-refractivity contribution in [2.24, 2.45) is 0 Å². The highest BCUT2D eigenvalue weighted by atomic mass is 32.1. The summed E-state index contributed by atoms with van der Waals surface area (Å²) >= 11 is 1.51. The van der Waals surface area contributed by atoms with Crippen molar-refractivity contribution in [2.45, 2.75) is 32.9 Å². The first-order valence-electron chi connectivity index (χ1n) is 8.84. The van der Waals surface area contributed by atoms with Crippen LogP contribution in [0.5, 0.6) is 0 Å². The lowest BCUT2D eigenvalue weighted by Crippen LogP contribution is -2.30. The number of benzene rings is 1. The Hall–Kier alpha value is -2.58. The lowest BCUT2D eigenvalue weighted by atomic mass is 10.1. The molecule has 140 valence electrons. The number of aryl methyl sites for hydroxylation is 1. The van der Waals surface area contributed by atoms with E-state index in [2.05, 4.69) is 25.8 Å². The molecule has 0 fully saturated rings. The van der Waals surface area contributed by atoms with Gasteiger partial charge >= 0.3 is 0 Å². The van der Waals surface area contributed by atoms with E-state index in [-0.39, 0.29) is 17.8 Å². The highest BCUT2D eigenvalue weighted by molar-refractivity contribution is 7.15. The predicted molar refractivity (Wildman–Crippen MR) is 102 cm³/mol. The van der Waals surface area contributed by atoms with Crippen LogP contribution in [0.2, 0.25) is 0 Å². The third-order valence-electron chi connectivity index (χ3n) is 4.69. The van der Waals surface area contributed by atoms with Crippen molar-refractivity contribution in [3.8, 4) is 10.6 Å². The fourth-order valence-corrected chi connectivity index (χ4v) is 4.34. The predicted octanol–water partition coefficient (Wildman–Crippen LogP) is 3.12. The number of nitrogens with one attached hydrogen (secondary N) is 3. The third-order valence-corrected chi connectivity index (χ3v) is 6.08. The summed E-state index contributed by atoms with van der Waals surface area (Å²) in [7, 11) is 0. The molecule has 1 unspecified atom stereocenters. The van der Waals surface area contributed by atoms with Gasteiger partial charge in [-0.15, -0.1) is 11.3 Å². The molecule has 1 aliphatic heterocycles. The number of thiazole rings is 1. The van der Waals surface area contributed by atoms with Crippen molar-refractivity contribution in [1.29, 1.82) is 0 Å². The Morgan fingerprint density at radius 2 is 2.11 bits per heavy atom. The number of fused-ring (bicyclic) bond motifs is 1. The maximum Gasteiger partial charge on any atom is 0.272 e. The molecule has 1 aromatic carbocycles. The van der Waals surface area contributed by atoms with Gasteiger partial charge < -0.3 is 10.6 Å². The summed E-state index contributed by atoms with van der Waals surface area (Å²) in [6.07, 6.45) is 0.847. The number of carbonyl (C=O) groups is 1. The van der Waals surface area contributed by atoms with Gasteiger partial charge in [0.05, 0.1) is 16.6 Å². The molecule has 0 aliphatic carbocycles. The van der Waals surface area contributed by atoms with E-state index in [4.69, 9.17) is 0 Å². The number of halogens is 1. The molecule has 2 aromatic heterocycles. The number of hydrogen-bond donors (Lipinski definition) is 3. The van der Waals surface area contributed by atoms with E-state index in [1.165, 1.54) is 23.5 Å². The van der Waals surface area contributed by atoms with E-state index in [9.17, 15) is 9.18 Å². The molecule has 1 amide bonds.